The molecule has 6 rings (SSSR count). The van der Waals surface area contributed by atoms with Crippen LogP contribution in [0.3, 0.4) is 0 Å². The molecule has 3 aromatic rings. The van der Waals surface area contributed by atoms with E-state index in [-0.39, 0.29) is 48.0 Å². The van der Waals surface area contributed by atoms with Gasteiger partial charge in [0.1, 0.15) is 22.7 Å². The standard InChI is InChI=1S/C12H14N2O2.C12H16N2O.C11H12N2O.C8H14O4.C4H8O3.6C2H6/c1-12(2)10(15)13(3)11(16)14(12)9-7-5-4-6-8-9;1-12(2)11(15)13(3)9-14(12)10-7-5-4-6-8-10;1-11(2)10(14)12-8-13(11)9-6-4-3-5-7-9;1-6(8(10)12-3)4-5-7(9)11-2;1-3(5)4(6)7-2;6*1-2/h4-8H,1-3H3;4-8H,9H2,1-3H3;3-8H,1-2H3;6H,4-5H2,1-3H3;3,5H,1-2H3;6*1-2H3. The molecule has 3 aliphatic heterocycles. The van der Waals surface area contributed by atoms with E-state index in [2.05, 4.69) is 24.1 Å². The zero-order valence-electron chi connectivity index (χ0n) is 51.2. The van der Waals surface area contributed by atoms with Gasteiger partial charge in [-0.1, -0.05) is 145 Å². The van der Waals surface area contributed by atoms with Crippen LogP contribution < -0.4 is 14.7 Å². The third kappa shape index (κ3) is 24.8. The predicted octanol–water partition coefficient (Wildman–Crippen LogP) is 11.9. The Balaban J connectivity index is -0.000000267. The minimum Gasteiger partial charge on any atom is -0.469 e. The van der Waals surface area contributed by atoms with E-state index < -0.39 is 28.7 Å². The first-order chi connectivity index (χ1) is 35.9. The number of hydrogen-bond acceptors (Lipinski definition) is 13. The quantitative estimate of drug-likeness (QED) is 0.127. The van der Waals surface area contributed by atoms with E-state index in [9.17, 15) is 33.6 Å². The van der Waals surface area contributed by atoms with Gasteiger partial charge in [-0.25, -0.2) is 14.6 Å². The van der Waals surface area contributed by atoms with Crippen LogP contribution in [0.4, 0.5) is 21.9 Å². The molecule has 2 fully saturated rings. The highest BCUT2D eigenvalue weighted by molar-refractivity contribution is 6.16. The number of likely N-dealkylation sites (N-methyl/N-ethyl adjacent to an activating group) is 2. The molecule has 2 atom stereocenters. The number of benzene rings is 3. The average molecular weight is 1070 g/mol. The first-order valence-electron chi connectivity index (χ1n) is 26.5. The largest absolute Gasteiger partial charge is 0.469 e. The van der Waals surface area contributed by atoms with Gasteiger partial charge < -0.3 is 34.0 Å². The molecule has 0 bridgehead atoms. The molecule has 17 nitrogen and oxygen atoms in total. The van der Waals surface area contributed by atoms with Gasteiger partial charge in [0.2, 0.25) is 5.91 Å². The van der Waals surface area contributed by atoms with Crippen molar-refractivity contribution >= 4 is 65.1 Å². The molecule has 2 unspecified atom stereocenters. The normalized spacial score (nSPS) is 15.1. The van der Waals surface area contributed by atoms with Gasteiger partial charge in [0.25, 0.3) is 11.8 Å². The maximum atomic E-state index is 12.0. The molecule has 76 heavy (non-hydrogen) atoms. The highest BCUT2D eigenvalue weighted by Gasteiger charge is 2.50. The van der Waals surface area contributed by atoms with E-state index >= 15 is 0 Å². The number of carbonyl (C=O) groups excluding carboxylic acids is 7. The monoisotopic (exact) mass is 1070 g/mol. The third-order valence-corrected chi connectivity index (χ3v) is 10.5. The first kappa shape index (κ1) is 78.3. The summed E-state index contributed by atoms with van der Waals surface area (Å²) in [6.07, 6.45) is 1.33. The van der Waals surface area contributed by atoms with Crippen LogP contribution in [-0.2, 0) is 43.0 Å². The fourth-order valence-electron chi connectivity index (χ4n) is 6.46. The van der Waals surface area contributed by atoms with Crippen molar-refractivity contribution in [3.8, 4) is 0 Å². The molecule has 5 amide bonds. The highest BCUT2D eigenvalue weighted by atomic mass is 16.5. The van der Waals surface area contributed by atoms with Crippen molar-refractivity contribution in [1.82, 2.24) is 9.80 Å². The zero-order valence-corrected chi connectivity index (χ0v) is 51.2. The number of imide groups is 1. The molecule has 432 valence electrons. The maximum Gasteiger partial charge on any atom is 0.334 e. The summed E-state index contributed by atoms with van der Waals surface area (Å²) < 4.78 is 13.0. The predicted molar refractivity (Wildman–Crippen MR) is 313 cm³/mol. The van der Waals surface area contributed by atoms with Crippen LogP contribution in [0.25, 0.3) is 0 Å². The van der Waals surface area contributed by atoms with Crippen molar-refractivity contribution < 1.29 is 52.9 Å². The number of anilines is 3. The number of urea groups is 1. The van der Waals surface area contributed by atoms with E-state index in [1.54, 1.807) is 32.0 Å². The van der Waals surface area contributed by atoms with Crippen LogP contribution in [0.2, 0.25) is 0 Å². The maximum absolute atomic E-state index is 12.0. The van der Waals surface area contributed by atoms with E-state index in [1.165, 1.54) is 40.2 Å². The van der Waals surface area contributed by atoms with Crippen LogP contribution in [0.5, 0.6) is 0 Å². The number of aliphatic hydroxyl groups is 1. The molecule has 3 aliphatic rings. The molecule has 2 saturated heterocycles. The second kappa shape index (κ2) is 42.6. The molecule has 1 N–H and O–H groups in total. The van der Waals surface area contributed by atoms with Crippen LogP contribution in [0.15, 0.2) is 96.0 Å². The van der Waals surface area contributed by atoms with Crippen molar-refractivity contribution in [1.29, 1.82) is 0 Å². The van der Waals surface area contributed by atoms with E-state index in [0.29, 0.717) is 13.1 Å². The van der Waals surface area contributed by atoms with E-state index in [0.717, 1.165) is 22.0 Å². The number of carbonyl (C=O) groups is 7. The smallest absolute Gasteiger partial charge is 0.334 e. The number of para-hydroxylation sites is 3. The number of nitrogens with zero attached hydrogens (tertiary/aromatic N) is 6. The Hall–Kier alpha value is -6.62. The summed E-state index contributed by atoms with van der Waals surface area (Å²) >= 11 is 0. The summed E-state index contributed by atoms with van der Waals surface area (Å²) in [5.41, 5.74) is 1.03. The summed E-state index contributed by atoms with van der Waals surface area (Å²) in [7, 11) is 7.24. The number of esters is 3. The lowest BCUT2D eigenvalue weighted by atomic mass is 10.0. The number of aliphatic imine (C=N–C) groups is 1. The summed E-state index contributed by atoms with van der Waals surface area (Å²) in [6.45, 7) is 38.9. The van der Waals surface area contributed by atoms with Crippen molar-refractivity contribution in [2.45, 2.75) is 174 Å². The van der Waals surface area contributed by atoms with E-state index in [1.807, 2.05) is 214 Å². The lowest BCUT2D eigenvalue weighted by molar-refractivity contribution is -0.149. The lowest BCUT2D eigenvalue weighted by Gasteiger charge is -2.29. The number of hydrogen-bond donors (Lipinski definition) is 1. The molecule has 3 aromatic carbocycles. The molecule has 17 heteroatoms. The van der Waals surface area contributed by atoms with Gasteiger partial charge in [-0.05, 0) is 91.3 Å². The number of rotatable bonds is 8. The first-order valence-corrected chi connectivity index (χ1v) is 26.5. The highest BCUT2D eigenvalue weighted by Crippen LogP contribution is 2.33. The van der Waals surface area contributed by atoms with Crippen molar-refractivity contribution in [3.05, 3.63) is 91.0 Å². The topological polar surface area (TPSA) is 196 Å². The zero-order chi connectivity index (χ0) is 60.6. The SMILES string of the molecule is CC.CC.CC.CC.CC.CC.CC1(C)C(=O)N=CN1c1ccccc1.CN1C(=O)N(c2ccccc2)C(C)(C)C1=O.CN1CN(c2ccccc2)C(C)(C)C1=O.COC(=O)C(C)O.COC(=O)CCC(C)C(=O)OC. The molecule has 0 aromatic heterocycles. The Morgan fingerprint density at radius 2 is 0.961 bits per heavy atom. The summed E-state index contributed by atoms with van der Waals surface area (Å²) in [4.78, 5) is 91.0. The Bertz CT molecular complexity index is 2080. The Morgan fingerprint density at radius 1 is 0.566 bits per heavy atom. The third-order valence-electron chi connectivity index (χ3n) is 10.5. The van der Waals surface area contributed by atoms with Gasteiger partial charge >= 0.3 is 23.9 Å². The van der Waals surface area contributed by atoms with Gasteiger partial charge in [-0.15, -0.1) is 0 Å². The Morgan fingerprint density at radius 3 is 1.25 bits per heavy atom. The number of amides is 5. The Kier molecular flexibility index (Phi) is 43.9. The minimum atomic E-state index is -0.995. The van der Waals surface area contributed by atoms with Crippen molar-refractivity contribution in [2.75, 3.05) is 56.8 Å². The number of methoxy groups -OCH3 is 3. The van der Waals surface area contributed by atoms with Gasteiger partial charge in [0.15, 0.2) is 0 Å². The molecule has 0 saturated carbocycles. The van der Waals surface area contributed by atoms with Gasteiger partial charge in [-0.3, -0.25) is 33.8 Å². The van der Waals surface area contributed by atoms with E-state index in [4.69, 9.17) is 5.11 Å². The van der Waals surface area contributed by atoms with Crippen LogP contribution in [0, 0.1) is 5.92 Å². The summed E-state index contributed by atoms with van der Waals surface area (Å²) in [6, 6.07) is 28.8. The fraction of sp³-hybridized carbons (Fsp3) is 0.559. The van der Waals surface area contributed by atoms with Crippen LogP contribution in [0.1, 0.15) is 151 Å². The second-order valence-electron chi connectivity index (χ2n) is 16.4. The lowest BCUT2D eigenvalue weighted by Crippen LogP contribution is -2.44. The van der Waals surface area contributed by atoms with Crippen molar-refractivity contribution in [3.63, 3.8) is 0 Å². The minimum absolute atomic E-state index is 0.0960. The Labute approximate surface area is 459 Å². The molecule has 0 aliphatic carbocycles. The molecule has 0 spiro atoms. The van der Waals surface area contributed by atoms with Gasteiger partial charge in [0.05, 0.1) is 40.3 Å². The summed E-state index contributed by atoms with van der Waals surface area (Å²) in [5.74, 6) is -1.53. The van der Waals surface area contributed by atoms with Gasteiger partial charge in [-0.2, -0.15) is 0 Å². The molecule has 3 heterocycles. The molecular weight excluding hydrogens is 969 g/mol. The van der Waals surface area contributed by atoms with Crippen LogP contribution >= 0.6 is 0 Å². The number of aliphatic hydroxyl groups excluding tert-OH is 1. The average Bonchev–Trinajstić information content (AvgIpc) is 3.92. The number of ether oxygens (including phenoxy) is 3. The molecule has 0 radical (unpaired) electrons. The summed E-state index contributed by atoms with van der Waals surface area (Å²) in [5, 5.41) is 8.35. The van der Waals surface area contributed by atoms with Crippen molar-refractivity contribution in [2.24, 2.45) is 10.9 Å². The van der Waals surface area contributed by atoms with Gasteiger partial charge in [0, 0.05) is 37.6 Å². The van der Waals surface area contributed by atoms with Crippen LogP contribution in [-0.4, -0.2) is 128 Å². The molecular formula is C59H100N6O11. The fourth-order valence-corrected chi connectivity index (χ4v) is 6.46. The second-order valence-corrected chi connectivity index (χ2v) is 16.4.